The number of fused-ring (bicyclic) bond motifs is 1. The van der Waals surface area contributed by atoms with Gasteiger partial charge in [0.25, 0.3) is 5.91 Å². The van der Waals surface area contributed by atoms with E-state index in [0.717, 1.165) is 50.9 Å². The highest BCUT2D eigenvalue weighted by molar-refractivity contribution is 5.98. The number of β-amino-alcohol motifs (C(OH)–C–C–N with tert-alkyl or cyclic N) is 1. The van der Waals surface area contributed by atoms with Gasteiger partial charge in [-0.15, -0.1) is 0 Å². The number of nitrogens with zero attached hydrogens (tertiary/aromatic N) is 1. The minimum Gasteiger partial charge on any atom is -0.490 e. The van der Waals surface area contributed by atoms with E-state index in [-0.39, 0.29) is 11.8 Å². The maximum absolute atomic E-state index is 12.8. The Morgan fingerprint density at radius 3 is 2.93 bits per heavy atom. The Kier molecular flexibility index (Phi) is 8.15. The zero-order valence-corrected chi connectivity index (χ0v) is 17.6. The first-order valence-electron chi connectivity index (χ1n) is 10.7. The summed E-state index contributed by atoms with van der Waals surface area (Å²) in [7, 11) is 1.72. The van der Waals surface area contributed by atoms with E-state index in [4.69, 9.17) is 14.2 Å². The molecule has 3 rings (SSSR count). The summed E-state index contributed by atoms with van der Waals surface area (Å²) in [4.78, 5) is 15.1. The highest BCUT2D eigenvalue weighted by Gasteiger charge is 2.28. The van der Waals surface area contributed by atoms with Crippen molar-refractivity contribution < 1.29 is 24.1 Å². The molecule has 29 heavy (non-hydrogen) atoms. The van der Waals surface area contributed by atoms with Crippen molar-refractivity contribution in [1.82, 2.24) is 10.2 Å². The summed E-state index contributed by atoms with van der Waals surface area (Å²) in [6.45, 7) is 6.89. The van der Waals surface area contributed by atoms with Gasteiger partial charge in [0.15, 0.2) is 11.5 Å². The molecule has 2 aliphatic heterocycles. The molecule has 2 aliphatic rings. The van der Waals surface area contributed by atoms with Crippen LogP contribution in [0.2, 0.25) is 0 Å². The summed E-state index contributed by atoms with van der Waals surface area (Å²) in [5, 5.41) is 13.5. The Balaban J connectivity index is 1.52. The SMILES string of the molecule is COCCCCN1CCC(CNC(=O)c2cc(C)cc3c2OCCCO3)C(O)C1. The van der Waals surface area contributed by atoms with Gasteiger partial charge >= 0.3 is 0 Å². The van der Waals surface area contributed by atoms with Gasteiger partial charge in [0.2, 0.25) is 0 Å². The molecule has 2 unspecified atom stereocenters. The third-order valence-electron chi connectivity index (χ3n) is 5.64. The number of aliphatic hydroxyl groups is 1. The number of hydrogen-bond donors (Lipinski definition) is 2. The molecule has 1 amide bonds. The summed E-state index contributed by atoms with van der Waals surface area (Å²) in [6.07, 6.45) is 3.35. The van der Waals surface area contributed by atoms with Crippen LogP contribution in [0.1, 0.15) is 41.6 Å². The molecule has 2 atom stereocenters. The molecule has 7 heteroatoms. The molecular weight excluding hydrogens is 372 g/mol. The van der Waals surface area contributed by atoms with Gasteiger partial charge in [-0.05, 0) is 57.0 Å². The number of piperidine rings is 1. The number of rotatable bonds is 8. The molecule has 2 N–H and O–H groups in total. The van der Waals surface area contributed by atoms with Gasteiger partial charge in [-0.25, -0.2) is 0 Å². The Hall–Kier alpha value is -1.83. The molecule has 1 aromatic carbocycles. The molecule has 1 saturated heterocycles. The van der Waals surface area contributed by atoms with Gasteiger partial charge in [0, 0.05) is 39.1 Å². The highest BCUT2D eigenvalue weighted by Crippen LogP contribution is 2.34. The van der Waals surface area contributed by atoms with E-state index in [1.54, 1.807) is 7.11 Å². The maximum Gasteiger partial charge on any atom is 0.255 e. The topological polar surface area (TPSA) is 80.3 Å². The van der Waals surface area contributed by atoms with Crippen molar-refractivity contribution in [3.05, 3.63) is 23.3 Å². The summed E-state index contributed by atoms with van der Waals surface area (Å²) in [6, 6.07) is 3.74. The molecule has 0 aromatic heterocycles. The van der Waals surface area contributed by atoms with Gasteiger partial charge < -0.3 is 29.5 Å². The maximum atomic E-state index is 12.8. The van der Waals surface area contributed by atoms with Crippen molar-refractivity contribution in [3.8, 4) is 11.5 Å². The molecule has 1 aromatic rings. The van der Waals surface area contributed by atoms with Crippen LogP contribution in [0, 0.1) is 12.8 Å². The molecule has 7 nitrogen and oxygen atoms in total. The second-order valence-electron chi connectivity index (χ2n) is 8.02. The van der Waals surface area contributed by atoms with Crippen LogP contribution >= 0.6 is 0 Å². The van der Waals surface area contributed by atoms with Gasteiger partial charge in [-0.3, -0.25) is 4.79 Å². The number of likely N-dealkylation sites (tertiary alicyclic amines) is 1. The molecule has 1 fully saturated rings. The van der Waals surface area contributed by atoms with E-state index in [9.17, 15) is 9.90 Å². The number of benzene rings is 1. The van der Waals surface area contributed by atoms with Crippen LogP contribution in [-0.2, 0) is 4.74 Å². The number of ether oxygens (including phenoxy) is 3. The Morgan fingerprint density at radius 2 is 2.14 bits per heavy atom. The smallest absolute Gasteiger partial charge is 0.255 e. The van der Waals surface area contributed by atoms with Crippen molar-refractivity contribution in [1.29, 1.82) is 0 Å². The number of nitrogens with one attached hydrogen (secondary N) is 1. The third-order valence-corrected chi connectivity index (χ3v) is 5.64. The fourth-order valence-electron chi connectivity index (χ4n) is 3.97. The second-order valence-corrected chi connectivity index (χ2v) is 8.02. The standard InChI is InChI=1S/C22H34N2O5/c1-16-12-18(21-20(13-16)28-10-5-11-29-21)22(26)23-14-17-6-8-24(15-19(17)25)7-3-4-9-27-2/h12-13,17,19,25H,3-11,14-15H2,1-2H3,(H,23,26). The molecule has 162 valence electrons. The molecule has 0 bridgehead atoms. The van der Waals surface area contributed by atoms with E-state index < -0.39 is 6.10 Å². The normalized spacial score (nSPS) is 22.2. The highest BCUT2D eigenvalue weighted by atomic mass is 16.5. The van der Waals surface area contributed by atoms with Gasteiger partial charge in [-0.1, -0.05) is 0 Å². The molecule has 0 radical (unpaired) electrons. The van der Waals surface area contributed by atoms with E-state index in [1.807, 2.05) is 19.1 Å². The van der Waals surface area contributed by atoms with Crippen molar-refractivity contribution in [2.75, 3.05) is 53.1 Å². The largest absolute Gasteiger partial charge is 0.490 e. The van der Waals surface area contributed by atoms with Gasteiger partial charge in [0.05, 0.1) is 24.9 Å². The summed E-state index contributed by atoms with van der Waals surface area (Å²) in [5.74, 6) is 1.05. The molecular formula is C22H34N2O5. The average Bonchev–Trinajstić information content (AvgIpc) is 2.95. The van der Waals surface area contributed by atoms with Crippen molar-refractivity contribution in [2.24, 2.45) is 5.92 Å². The second kappa shape index (κ2) is 10.8. The molecule has 0 spiro atoms. The minimum atomic E-state index is -0.430. The summed E-state index contributed by atoms with van der Waals surface area (Å²) >= 11 is 0. The van der Waals surface area contributed by atoms with Gasteiger partial charge in [-0.2, -0.15) is 0 Å². The number of aliphatic hydroxyl groups excluding tert-OH is 1. The fourth-order valence-corrected chi connectivity index (χ4v) is 3.97. The monoisotopic (exact) mass is 406 g/mol. The lowest BCUT2D eigenvalue weighted by Gasteiger charge is -2.36. The van der Waals surface area contributed by atoms with E-state index >= 15 is 0 Å². The van der Waals surface area contributed by atoms with Crippen LogP contribution in [0.15, 0.2) is 12.1 Å². The zero-order valence-electron chi connectivity index (χ0n) is 17.6. The first-order valence-corrected chi connectivity index (χ1v) is 10.7. The van der Waals surface area contributed by atoms with E-state index in [2.05, 4.69) is 10.2 Å². The van der Waals surface area contributed by atoms with E-state index in [1.165, 1.54) is 0 Å². The lowest BCUT2D eigenvalue weighted by Crippen LogP contribution is -2.47. The van der Waals surface area contributed by atoms with Crippen molar-refractivity contribution in [3.63, 3.8) is 0 Å². The van der Waals surface area contributed by atoms with Crippen molar-refractivity contribution >= 4 is 5.91 Å². The van der Waals surface area contributed by atoms with E-state index in [0.29, 0.717) is 43.4 Å². The van der Waals surface area contributed by atoms with Crippen LogP contribution < -0.4 is 14.8 Å². The van der Waals surface area contributed by atoms with Crippen LogP contribution in [0.4, 0.5) is 0 Å². The third kappa shape index (κ3) is 6.07. The quantitative estimate of drug-likeness (QED) is 0.643. The first kappa shape index (κ1) is 21.9. The lowest BCUT2D eigenvalue weighted by atomic mass is 9.93. The molecule has 0 saturated carbocycles. The summed E-state index contributed by atoms with van der Waals surface area (Å²) in [5.41, 5.74) is 1.47. The zero-order chi connectivity index (χ0) is 20.6. The van der Waals surface area contributed by atoms with Gasteiger partial charge in [0.1, 0.15) is 0 Å². The minimum absolute atomic E-state index is 0.0646. The Morgan fingerprint density at radius 1 is 1.31 bits per heavy atom. The average molecular weight is 407 g/mol. The summed E-state index contributed by atoms with van der Waals surface area (Å²) < 4.78 is 16.6. The molecule has 0 aliphatic carbocycles. The number of carbonyl (C=O) groups is 1. The number of hydrogen-bond acceptors (Lipinski definition) is 6. The Labute approximate surface area is 173 Å². The van der Waals surface area contributed by atoms with Crippen LogP contribution in [0.25, 0.3) is 0 Å². The first-order chi connectivity index (χ1) is 14.1. The molecule has 2 heterocycles. The predicted molar refractivity (Wildman–Crippen MR) is 111 cm³/mol. The predicted octanol–water partition coefficient (Wildman–Crippen LogP) is 2.00. The van der Waals surface area contributed by atoms with Crippen molar-refractivity contribution in [2.45, 2.75) is 38.7 Å². The van der Waals surface area contributed by atoms with Crippen LogP contribution in [-0.4, -0.2) is 75.1 Å². The number of aryl methyl sites for hydroxylation is 1. The number of amides is 1. The fraction of sp³-hybridized carbons (Fsp3) is 0.682. The number of carbonyl (C=O) groups excluding carboxylic acids is 1. The van der Waals surface area contributed by atoms with Crippen LogP contribution in [0.3, 0.4) is 0 Å². The Bertz CT molecular complexity index is 681. The van der Waals surface area contributed by atoms with Crippen LogP contribution in [0.5, 0.6) is 11.5 Å². The lowest BCUT2D eigenvalue weighted by molar-refractivity contribution is 0.0209. The number of unbranched alkanes of at least 4 members (excludes halogenated alkanes) is 1. The number of methoxy groups -OCH3 is 1.